The molecule has 0 saturated heterocycles. The summed E-state index contributed by atoms with van der Waals surface area (Å²) in [5.74, 6) is -1.90. The highest BCUT2D eigenvalue weighted by Crippen LogP contribution is 2.01. The zero-order chi connectivity index (χ0) is 20.5. The fourth-order valence-electron chi connectivity index (χ4n) is 1.93. The summed E-state index contributed by atoms with van der Waals surface area (Å²) in [5.41, 5.74) is 0. The molecule has 27 heavy (non-hydrogen) atoms. The molecule has 0 aromatic carbocycles. The third-order valence-electron chi connectivity index (χ3n) is 3.22. The number of halogens is 1. The zero-order valence-corrected chi connectivity index (χ0v) is 17.0. The number of nitrogens with one attached hydrogen (secondary N) is 3. The van der Waals surface area contributed by atoms with E-state index in [4.69, 9.17) is 14.6 Å². The Kier molecular flexibility index (Phi) is 15.4. The van der Waals surface area contributed by atoms with Crippen LogP contribution in [0, 0.1) is 0 Å². The van der Waals surface area contributed by atoms with Crippen LogP contribution < -0.4 is 16.0 Å². The van der Waals surface area contributed by atoms with Crippen LogP contribution in [-0.4, -0.2) is 79.7 Å². The quantitative estimate of drug-likeness (QED) is 0.180. The van der Waals surface area contributed by atoms with Crippen molar-refractivity contribution in [1.82, 2.24) is 16.0 Å². The average molecular weight is 454 g/mol. The number of aliphatic carboxylic acids is 1. The van der Waals surface area contributed by atoms with Gasteiger partial charge in [-0.05, 0) is 19.3 Å². The first-order valence-electron chi connectivity index (χ1n) is 8.61. The van der Waals surface area contributed by atoms with Crippen LogP contribution >= 0.6 is 15.9 Å². The molecule has 0 aliphatic carbocycles. The van der Waals surface area contributed by atoms with Crippen molar-refractivity contribution in [3.8, 4) is 0 Å². The van der Waals surface area contributed by atoms with E-state index in [1.807, 2.05) is 0 Å². The van der Waals surface area contributed by atoms with Crippen LogP contribution in [0.1, 0.15) is 26.2 Å². The minimum Gasteiger partial charge on any atom is -0.480 e. The minimum atomic E-state index is -1.12. The van der Waals surface area contributed by atoms with E-state index in [2.05, 4.69) is 31.9 Å². The molecule has 0 radical (unpaired) electrons. The van der Waals surface area contributed by atoms with E-state index in [0.29, 0.717) is 32.5 Å². The molecule has 1 atom stereocenters. The fraction of sp³-hybridized carbons (Fsp3) is 0.750. The number of carboxylic acid groups (broad SMARTS) is 1. The van der Waals surface area contributed by atoms with E-state index in [1.165, 1.54) is 6.92 Å². The fourth-order valence-corrected chi connectivity index (χ4v) is 2.12. The highest BCUT2D eigenvalue weighted by atomic mass is 79.9. The third-order valence-corrected chi connectivity index (χ3v) is 3.73. The van der Waals surface area contributed by atoms with Gasteiger partial charge in [-0.1, -0.05) is 15.9 Å². The van der Waals surface area contributed by atoms with Gasteiger partial charge in [0.25, 0.3) is 0 Å². The maximum Gasteiger partial charge on any atom is 0.326 e. The number of alkyl halides is 1. The Balaban J connectivity index is 3.78. The van der Waals surface area contributed by atoms with E-state index >= 15 is 0 Å². The number of hydrogen-bond donors (Lipinski definition) is 4. The first kappa shape index (κ1) is 25.3. The summed E-state index contributed by atoms with van der Waals surface area (Å²) in [6.45, 7) is 2.78. The third kappa shape index (κ3) is 16.2. The highest BCUT2D eigenvalue weighted by molar-refractivity contribution is 9.09. The number of ether oxygens (including phenoxy) is 2. The molecule has 10 nitrogen and oxygen atoms in total. The van der Waals surface area contributed by atoms with Gasteiger partial charge < -0.3 is 30.5 Å². The van der Waals surface area contributed by atoms with Crippen LogP contribution in [0.2, 0.25) is 0 Å². The number of carbonyl (C=O) groups excluding carboxylic acids is 3. The van der Waals surface area contributed by atoms with Crippen LogP contribution in [0.15, 0.2) is 0 Å². The first-order chi connectivity index (χ1) is 12.9. The van der Waals surface area contributed by atoms with Gasteiger partial charge in [-0.2, -0.15) is 0 Å². The van der Waals surface area contributed by atoms with Crippen LogP contribution in [0.4, 0.5) is 0 Å². The summed E-state index contributed by atoms with van der Waals surface area (Å²) in [5, 5.41) is 17.0. The smallest absolute Gasteiger partial charge is 0.326 e. The predicted molar refractivity (Wildman–Crippen MR) is 101 cm³/mol. The van der Waals surface area contributed by atoms with Gasteiger partial charge in [-0.3, -0.25) is 14.4 Å². The summed E-state index contributed by atoms with van der Waals surface area (Å²) in [6, 6.07) is -0.998. The molecule has 0 fully saturated rings. The molecular formula is C16H28BrN3O7. The number of carboxylic acids is 1. The normalized spacial score (nSPS) is 11.5. The second-order valence-electron chi connectivity index (χ2n) is 5.59. The molecule has 0 aliphatic rings. The van der Waals surface area contributed by atoms with Crippen molar-refractivity contribution in [3.63, 3.8) is 0 Å². The molecule has 0 rings (SSSR count). The van der Waals surface area contributed by atoms with Gasteiger partial charge in [0.15, 0.2) is 0 Å². The maximum atomic E-state index is 11.7. The molecule has 0 heterocycles. The van der Waals surface area contributed by atoms with Crippen molar-refractivity contribution in [2.45, 2.75) is 32.2 Å². The van der Waals surface area contributed by atoms with Gasteiger partial charge >= 0.3 is 5.97 Å². The van der Waals surface area contributed by atoms with Crippen molar-refractivity contribution < 1.29 is 33.8 Å². The van der Waals surface area contributed by atoms with Crippen molar-refractivity contribution in [2.75, 3.05) is 44.8 Å². The maximum absolute atomic E-state index is 11.7. The lowest BCUT2D eigenvalue weighted by molar-refractivity contribution is -0.142. The Labute approximate surface area is 166 Å². The molecule has 0 aromatic heterocycles. The minimum absolute atomic E-state index is 0.130. The van der Waals surface area contributed by atoms with Crippen LogP contribution in [-0.2, 0) is 28.7 Å². The largest absolute Gasteiger partial charge is 0.480 e. The molecule has 4 N–H and O–H groups in total. The number of amides is 3. The second kappa shape index (κ2) is 16.5. The first-order valence-corrected chi connectivity index (χ1v) is 9.73. The van der Waals surface area contributed by atoms with E-state index in [0.717, 1.165) is 0 Å². The standard InChI is InChI=1S/C16H28BrN3O7/c1-12(21)18-6-7-26-8-9-27-11-15(23)20-13(16(24)25)4-2-3-5-19-14(22)10-17/h13H,2-11H2,1H3,(H,18,21)(H,19,22)(H,20,23)(H,24,25)/t13-/m0/s1. The average Bonchev–Trinajstić information content (AvgIpc) is 2.61. The Morgan fingerprint density at radius 1 is 0.963 bits per heavy atom. The lowest BCUT2D eigenvalue weighted by atomic mass is 10.1. The summed E-state index contributed by atoms with van der Waals surface area (Å²) < 4.78 is 10.3. The molecular weight excluding hydrogens is 426 g/mol. The Hall–Kier alpha value is -1.72. The SMILES string of the molecule is CC(=O)NCCOCCOCC(=O)N[C@@H](CCCCNC(=O)CBr)C(=O)O. The van der Waals surface area contributed by atoms with Gasteiger partial charge in [0.1, 0.15) is 12.6 Å². The van der Waals surface area contributed by atoms with E-state index < -0.39 is 17.9 Å². The van der Waals surface area contributed by atoms with E-state index in [1.54, 1.807) is 0 Å². The number of unbranched alkanes of at least 4 members (excludes halogenated alkanes) is 1. The van der Waals surface area contributed by atoms with Gasteiger partial charge in [0.2, 0.25) is 17.7 Å². The summed E-state index contributed by atoms with van der Waals surface area (Å²) in [7, 11) is 0. The van der Waals surface area contributed by atoms with E-state index in [9.17, 15) is 19.2 Å². The molecule has 11 heteroatoms. The molecule has 0 unspecified atom stereocenters. The molecule has 3 amide bonds. The summed E-state index contributed by atoms with van der Waals surface area (Å²) in [4.78, 5) is 44.6. The molecule has 0 aromatic rings. The monoisotopic (exact) mass is 453 g/mol. The summed E-state index contributed by atoms with van der Waals surface area (Å²) >= 11 is 3.03. The lowest BCUT2D eigenvalue weighted by Gasteiger charge is -2.14. The molecule has 0 bridgehead atoms. The molecule has 0 aliphatic heterocycles. The number of rotatable bonds is 16. The molecule has 156 valence electrons. The Morgan fingerprint density at radius 3 is 2.30 bits per heavy atom. The Bertz CT molecular complexity index is 477. The predicted octanol–water partition coefficient (Wildman–Crippen LogP) is -0.593. The van der Waals surface area contributed by atoms with Gasteiger partial charge in [0, 0.05) is 20.0 Å². The van der Waals surface area contributed by atoms with Crippen LogP contribution in [0.5, 0.6) is 0 Å². The number of carbonyl (C=O) groups is 4. The van der Waals surface area contributed by atoms with Gasteiger partial charge in [-0.25, -0.2) is 4.79 Å². The highest BCUT2D eigenvalue weighted by Gasteiger charge is 2.19. The van der Waals surface area contributed by atoms with Crippen molar-refractivity contribution in [1.29, 1.82) is 0 Å². The second-order valence-corrected chi connectivity index (χ2v) is 6.15. The number of hydrogen-bond acceptors (Lipinski definition) is 6. The molecule has 0 spiro atoms. The zero-order valence-electron chi connectivity index (χ0n) is 15.4. The molecule has 0 saturated carbocycles. The van der Waals surface area contributed by atoms with Crippen molar-refractivity contribution in [3.05, 3.63) is 0 Å². The topological polar surface area (TPSA) is 143 Å². The van der Waals surface area contributed by atoms with Gasteiger partial charge in [0.05, 0.1) is 25.2 Å². The van der Waals surface area contributed by atoms with Crippen molar-refractivity contribution >= 4 is 39.6 Å². The van der Waals surface area contributed by atoms with Crippen molar-refractivity contribution in [2.24, 2.45) is 0 Å². The van der Waals surface area contributed by atoms with E-state index in [-0.39, 0.29) is 43.4 Å². The van der Waals surface area contributed by atoms with Gasteiger partial charge in [-0.15, -0.1) is 0 Å². The Morgan fingerprint density at radius 2 is 1.67 bits per heavy atom. The summed E-state index contributed by atoms with van der Waals surface area (Å²) in [6.07, 6.45) is 1.42. The van der Waals surface area contributed by atoms with Crippen LogP contribution in [0.3, 0.4) is 0 Å². The lowest BCUT2D eigenvalue weighted by Crippen LogP contribution is -2.42. The van der Waals surface area contributed by atoms with Crippen LogP contribution in [0.25, 0.3) is 0 Å².